The van der Waals surface area contributed by atoms with E-state index in [2.05, 4.69) is 31.3 Å². The van der Waals surface area contributed by atoms with Crippen molar-refractivity contribution in [2.24, 2.45) is 7.05 Å². The Morgan fingerprint density at radius 1 is 1.50 bits per heavy atom. The summed E-state index contributed by atoms with van der Waals surface area (Å²) in [6.07, 6.45) is 1.70. The number of nitrogens with one attached hydrogen (secondary N) is 1. The highest BCUT2D eigenvalue weighted by molar-refractivity contribution is 9.10. The van der Waals surface area contributed by atoms with Crippen LogP contribution in [0.4, 0.5) is 11.6 Å². The number of hydrogen-bond acceptors (Lipinski definition) is 4. The van der Waals surface area contributed by atoms with E-state index >= 15 is 0 Å². The number of aliphatic hydroxyl groups excluding tert-OH is 1. The van der Waals surface area contributed by atoms with Crippen LogP contribution in [0.2, 0.25) is 0 Å². The molecule has 0 radical (unpaired) electrons. The fraction of sp³-hybridized carbons (Fsp3) is 0.200. The zero-order valence-corrected chi connectivity index (χ0v) is 10.3. The van der Waals surface area contributed by atoms with E-state index in [0.717, 1.165) is 16.1 Å². The second-order valence-corrected chi connectivity index (χ2v) is 4.20. The number of hydrogen-bond donors (Lipinski definition) is 2. The van der Waals surface area contributed by atoms with Gasteiger partial charge in [0.1, 0.15) is 11.6 Å². The molecule has 16 heavy (non-hydrogen) atoms. The van der Waals surface area contributed by atoms with E-state index in [1.165, 1.54) is 0 Å². The molecule has 0 aliphatic rings. The van der Waals surface area contributed by atoms with Crippen LogP contribution < -0.4 is 5.32 Å². The van der Waals surface area contributed by atoms with Crippen LogP contribution in [0.3, 0.4) is 0 Å². The van der Waals surface area contributed by atoms with E-state index in [4.69, 9.17) is 5.11 Å². The van der Waals surface area contributed by atoms with Gasteiger partial charge in [-0.2, -0.15) is 5.10 Å². The molecular weight excluding hydrogens is 272 g/mol. The Morgan fingerprint density at radius 2 is 2.31 bits per heavy atom. The minimum Gasteiger partial charge on any atom is -0.390 e. The molecule has 0 aromatic carbocycles. The van der Waals surface area contributed by atoms with Gasteiger partial charge in [-0.1, -0.05) is 15.9 Å². The van der Waals surface area contributed by atoms with Crippen molar-refractivity contribution in [1.82, 2.24) is 14.8 Å². The third kappa shape index (κ3) is 2.40. The summed E-state index contributed by atoms with van der Waals surface area (Å²) in [7, 11) is 1.81. The molecule has 2 aromatic rings. The van der Waals surface area contributed by atoms with Crippen LogP contribution in [0.1, 0.15) is 5.69 Å². The lowest BCUT2D eigenvalue weighted by atomic mass is 10.4. The number of pyridine rings is 1. The topological polar surface area (TPSA) is 63.0 Å². The van der Waals surface area contributed by atoms with E-state index in [-0.39, 0.29) is 6.61 Å². The van der Waals surface area contributed by atoms with Gasteiger partial charge in [-0.15, -0.1) is 0 Å². The number of rotatable bonds is 3. The van der Waals surface area contributed by atoms with Gasteiger partial charge in [0.25, 0.3) is 0 Å². The molecule has 6 heteroatoms. The fourth-order valence-corrected chi connectivity index (χ4v) is 1.66. The Hall–Kier alpha value is -1.40. The van der Waals surface area contributed by atoms with Gasteiger partial charge in [-0.3, -0.25) is 4.68 Å². The van der Waals surface area contributed by atoms with Gasteiger partial charge in [0.05, 0.1) is 12.3 Å². The molecule has 2 aromatic heterocycles. The number of aromatic nitrogens is 3. The molecule has 0 saturated carbocycles. The van der Waals surface area contributed by atoms with Crippen molar-refractivity contribution >= 4 is 27.6 Å². The van der Waals surface area contributed by atoms with Gasteiger partial charge >= 0.3 is 0 Å². The summed E-state index contributed by atoms with van der Waals surface area (Å²) < 4.78 is 2.61. The summed E-state index contributed by atoms with van der Waals surface area (Å²) in [5.74, 6) is 1.51. The van der Waals surface area contributed by atoms with Gasteiger partial charge in [-0.25, -0.2) is 4.98 Å². The summed E-state index contributed by atoms with van der Waals surface area (Å²) in [5.41, 5.74) is 0.625. The maximum absolute atomic E-state index is 8.96. The summed E-state index contributed by atoms with van der Waals surface area (Å²) in [6.45, 7) is -0.0680. The van der Waals surface area contributed by atoms with Crippen molar-refractivity contribution < 1.29 is 5.11 Å². The van der Waals surface area contributed by atoms with Crippen LogP contribution in [0.25, 0.3) is 0 Å². The van der Waals surface area contributed by atoms with Crippen LogP contribution in [0.15, 0.2) is 28.9 Å². The van der Waals surface area contributed by atoms with Crippen LogP contribution >= 0.6 is 15.9 Å². The summed E-state index contributed by atoms with van der Waals surface area (Å²) in [6, 6.07) is 5.50. The number of nitrogens with zero attached hydrogens (tertiary/aromatic N) is 3. The molecule has 0 atom stereocenters. The highest BCUT2D eigenvalue weighted by Gasteiger charge is 2.04. The normalized spacial score (nSPS) is 10.4. The highest BCUT2D eigenvalue weighted by Crippen LogP contribution is 2.18. The van der Waals surface area contributed by atoms with Crippen LogP contribution in [0.5, 0.6) is 0 Å². The third-order valence-corrected chi connectivity index (χ3v) is 2.56. The number of aryl methyl sites for hydroxylation is 1. The minimum absolute atomic E-state index is 0.0680. The number of aliphatic hydroxyl groups is 1. The van der Waals surface area contributed by atoms with Gasteiger partial charge in [0.15, 0.2) is 0 Å². The molecule has 0 amide bonds. The average Bonchev–Trinajstić information content (AvgIpc) is 2.60. The molecule has 5 nitrogen and oxygen atoms in total. The Bertz CT molecular complexity index is 497. The zero-order valence-electron chi connectivity index (χ0n) is 8.68. The number of anilines is 2. The molecule has 0 bridgehead atoms. The first kappa shape index (κ1) is 11.1. The first-order valence-corrected chi connectivity index (χ1v) is 5.50. The molecule has 2 rings (SSSR count). The second-order valence-electron chi connectivity index (χ2n) is 3.29. The van der Waals surface area contributed by atoms with Gasteiger partial charge in [0.2, 0.25) is 0 Å². The van der Waals surface area contributed by atoms with E-state index in [0.29, 0.717) is 5.69 Å². The largest absolute Gasteiger partial charge is 0.390 e. The first-order valence-electron chi connectivity index (χ1n) is 4.71. The fourth-order valence-electron chi connectivity index (χ4n) is 1.33. The monoisotopic (exact) mass is 282 g/mol. The van der Waals surface area contributed by atoms with Crippen LogP contribution in [0, 0.1) is 0 Å². The number of halogens is 1. The Labute approximate surface area is 101 Å². The zero-order chi connectivity index (χ0) is 11.5. The second kappa shape index (κ2) is 4.63. The molecule has 2 heterocycles. The molecule has 0 saturated heterocycles. The maximum atomic E-state index is 8.96. The smallest absolute Gasteiger partial charge is 0.132 e. The van der Waals surface area contributed by atoms with E-state index in [9.17, 15) is 0 Å². The van der Waals surface area contributed by atoms with Gasteiger partial charge in [0, 0.05) is 23.8 Å². The summed E-state index contributed by atoms with van der Waals surface area (Å²) in [5, 5.41) is 16.2. The molecule has 0 fully saturated rings. The summed E-state index contributed by atoms with van der Waals surface area (Å²) in [4.78, 5) is 4.17. The first-order chi connectivity index (χ1) is 7.69. The minimum atomic E-state index is -0.0680. The predicted octanol–water partition coefficient (Wildman–Crippen LogP) is 1.81. The van der Waals surface area contributed by atoms with Crippen molar-refractivity contribution in [3.05, 3.63) is 34.6 Å². The molecular formula is C10H11BrN4O. The molecule has 0 aliphatic heterocycles. The van der Waals surface area contributed by atoms with Crippen LogP contribution in [-0.4, -0.2) is 19.9 Å². The van der Waals surface area contributed by atoms with Crippen molar-refractivity contribution in [1.29, 1.82) is 0 Å². The van der Waals surface area contributed by atoms with Crippen LogP contribution in [-0.2, 0) is 13.7 Å². The Balaban J connectivity index is 2.23. The van der Waals surface area contributed by atoms with Gasteiger partial charge < -0.3 is 10.4 Å². The van der Waals surface area contributed by atoms with E-state index in [1.807, 2.05) is 12.1 Å². The highest BCUT2D eigenvalue weighted by atomic mass is 79.9. The quantitative estimate of drug-likeness (QED) is 0.901. The van der Waals surface area contributed by atoms with Gasteiger partial charge in [-0.05, 0) is 12.1 Å². The average molecular weight is 283 g/mol. The van der Waals surface area contributed by atoms with Crippen molar-refractivity contribution in [2.75, 3.05) is 5.32 Å². The maximum Gasteiger partial charge on any atom is 0.132 e. The SMILES string of the molecule is Cn1nc(CO)cc1Nc1cc(Br)ccn1. The molecule has 0 spiro atoms. The standard InChI is InChI=1S/C10H11BrN4O/c1-15-10(5-8(6-16)14-15)13-9-4-7(11)2-3-12-9/h2-5,16H,6H2,1H3,(H,12,13). The predicted molar refractivity (Wildman–Crippen MR) is 64.4 cm³/mol. The molecule has 0 unspecified atom stereocenters. The third-order valence-electron chi connectivity index (χ3n) is 2.07. The van der Waals surface area contributed by atoms with E-state index in [1.54, 1.807) is 24.0 Å². The Morgan fingerprint density at radius 3 is 2.94 bits per heavy atom. The molecule has 0 aliphatic carbocycles. The lowest BCUT2D eigenvalue weighted by molar-refractivity contribution is 0.275. The molecule has 2 N–H and O–H groups in total. The lowest BCUT2D eigenvalue weighted by Crippen LogP contribution is -2.00. The Kier molecular flexibility index (Phi) is 3.21. The van der Waals surface area contributed by atoms with E-state index < -0.39 is 0 Å². The van der Waals surface area contributed by atoms with Crippen molar-refractivity contribution in [3.63, 3.8) is 0 Å². The van der Waals surface area contributed by atoms with Crippen molar-refractivity contribution in [2.45, 2.75) is 6.61 Å². The molecule has 84 valence electrons. The lowest BCUT2D eigenvalue weighted by Gasteiger charge is -2.04. The van der Waals surface area contributed by atoms with Crippen molar-refractivity contribution in [3.8, 4) is 0 Å². The summed E-state index contributed by atoms with van der Waals surface area (Å²) >= 11 is 3.37.